The van der Waals surface area contributed by atoms with Gasteiger partial charge in [-0.25, -0.2) is 4.39 Å². The summed E-state index contributed by atoms with van der Waals surface area (Å²) in [6.07, 6.45) is 0.761. The summed E-state index contributed by atoms with van der Waals surface area (Å²) in [5.41, 5.74) is 7.99. The maximum absolute atomic E-state index is 13.0. The quantitative estimate of drug-likeness (QED) is 0.907. The lowest BCUT2D eigenvalue weighted by Crippen LogP contribution is -2.34. The van der Waals surface area contributed by atoms with Crippen LogP contribution in [-0.2, 0) is 11.8 Å². The Morgan fingerprint density at radius 2 is 1.85 bits per heavy atom. The smallest absolute Gasteiger partial charge is 0.123 e. The molecule has 0 aliphatic rings. The van der Waals surface area contributed by atoms with Gasteiger partial charge < -0.3 is 10.5 Å². The maximum Gasteiger partial charge on any atom is 0.123 e. The second kappa shape index (κ2) is 6.06. The van der Waals surface area contributed by atoms with E-state index in [0.717, 1.165) is 23.3 Å². The van der Waals surface area contributed by atoms with Gasteiger partial charge in [0.15, 0.2) is 0 Å². The molecule has 2 aromatic carbocycles. The normalized spacial score (nSPS) is 13.8. The van der Waals surface area contributed by atoms with Crippen LogP contribution >= 0.6 is 0 Å². The summed E-state index contributed by atoms with van der Waals surface area (Å²) in [7, 11) is 1.65. The second-order valence-electron chi connectivity index (χ2n) is 5.30. The summed E-state index contributed by atoms with van der Waals surface area (Å²) < 4.78 is 18.3. The summed E-state index contributed by atoms with van der Waals surface area (Å²) >= 11 is 0. The fraction of sp³-hybridized carbons (Fsp3) is 0.294. The van der Waals surface area contributed by atoms with Crippen LogP contribution < -0.4 is 10.5 Å². The number of hydrogen-bond acceptors (Lipinski definition) is 2. The average molecular weight is 273 g/mol. The minimum absolute atomic E-state index is 0.202. The second-order valence-corrected chi connectivity index (χ2v) is 5.30. The lowest BCUT2D eigenvalue weighted by Gasteiger charge is -2.29. The standard InChI is InChI=1S/C17H20FNO/c1-17(12-19,11-13-6-8-15(18)9-7-13)14-4-3-5-16(10-14)20-2/h3-10H,11-12,19H2,1-2H3. The van der Waals surface area contributed by atoms with Gasteiger partial charge in [0, 0.05) is 12.0 Å². The largest absolute Gasteiger partial charge is 0.497 e. The van der Waals surface area contributed by atoms with Crippen molar-refractivity contribution in [1.82, 2.24) is 0 Å². The van der Waals surface area contributed by atoms with Crippen LogP contribution in [0.2, 0.25) is 0 Å². The molecule has 2 aromatic rings. The van der Waals surface area contributed by atoms with Crippen LogP contribution in [-0.4, -0.2) is 13.7 Å². The van der Waals surface area contributed by atoms with E-state index in [9.17, 15) is 4.39 Å². The van der Waals surface area contributed by atoms with Crippen LogP contribution in [0.4, 0.5) is 4.39 Å². The van der Waals surface area contributed by atoms with Crippen LogP contribution in [0.5, 0.6) is 5.75 Å². The number of benzene rings is 2. The number of methoxy groups -OCH3 is 1. The van der Waals surface area contributed by atoms with Gasteiger partial charge in [0.1, 0.15) is 11.6 Å². The molecule has 1 unspecified atom stereocenters. The molecule has 0 spiro atoms. The third-order valence-electron chi connectivity index (χ3n) is 3.72. The Kier molecular flexibility index (Phi) is 4.40. The van der Waals surface area contributed by atoms with E-state index < -0.39 is 0 Å². The zero-order chi connectivity index (χ0) is 14.6. The van der Waals surface area contributed by atoms with Gasteiger partial charge in [0.2, 0.25) is 0 Å². The predicted octanol–water partition coefficient (Wildman–Crippen LogP) is 3.29. The van der Waals surface area contributed by atoms with Crippen molar-refractivity contribution in [2.45, 2.75) is 18.8 Å². The van der Waals surface area contributed by atoms with Crippen molar-refractivity contribution >= 4 is 0 Å². The SMILES string of the molecule is COc1cccc(C(C)(CN)Cc2ccc(F)cc2)c1. The van der Waals surface area contributed by atoms with Crippen LogP contribution in [0.1, 0.15) is 18.1 Å². The monoisotopic (exact) mass is 273 g/mol. The number of ether oxygens (including phenoxy) is 1. The molecule has 0 saturated heterocycles. The fourth-order valence-corrected chi connectivity index (χ4v) is 2.34. The number of hydrogen-bond donors (Lipinski definition) is 1. The molecule has 0 bridgehead atoms. The summed E-state index contributed by atoms with van der Waals surface area (Å²) in [5.74, 6) is 0.603. The molecule has 0 aliphatic carbocycles. The van der Waals surface area contributed by atoms with Crippen molar-refractivity contribution in [2.75, 3.05) is 13.7 Å². The van der Waals surface area contributed by atoms with E-state index in [0.29, 0.717) is 6.54 Å². The van der Waals surface area contributed by atoms with Crippen molar-refractivity contribution in [1.29, 1.82) is 0 Å². The molecule has 0 aromatic heterocycles. The van der Waals surface area contributed by atoms with Gasteiger partial charge in [0.05, 0.1) is 7.11 Å². The van der Waals surface area contributed by atoms with Crippen LogP contribution in [0.3, 0.4) is 0 Å². The molecule has 0 heterocycles. The van der Waals surface area contributed by atoms with E-state index in [1.807, 2.05) is 30.3 Å². The van der Waals surface area contributed by atoms with E-state index in [-0.39, 0.29) is 11.2 Å². The van der Waals surface area contributed by atoms with Crippen LogP contribution in [0.15, 0.2) is 48.5 Å². The number of rotatable bonds is 5. The van der Waals surface area contributed by atoms with Crippen molar-refractivity contribution in [3.63, 3.8) is 0 Å². The average Bonchev–Trinajstić information content (AvgIpc) is 2.49. The Hall–Kier alpha value is -1.87. The van der Waals surface area contributed by atoms with E-state index in [2.05, 4.69) is 13.0 Å². The molecule has 3 heteroatoms. The molecule has 106 valence electrons. The Bertz CT molecular complexity index is 567. The van der Waals surface area contributed by atoms with Gasteiger partial charge in [-0.2, -0.15) is 0 Å². The third-order valence-corrected chi connectivity index (χ3v) is 3.72. The van der Waals surface area contributed by atoms with Gasteiger partial charge >= 0.3 is 0 Å². The zero-order valence-corrected chi connectivity index (χ0v) is 11.9. The topological polar surface area (TPSA) is 35.2 Å². The Morgan fingerprint density at radius 1 is 1.15 bits per heavy atom. The fourth-order valence-electron chi connectivity index (χ4n) is 2.34. The maximum atomic E-state index is 13.0. The lowest BCUT2D eigenvalue weighted by molar-refractivity contribution is 0.410. The van der Waals surface area contributed by atoms with Gasteiger partial charge in [-0.1, -0.05) is 31.2 Å². The highest BCUT2D eigenvalue weighted by Gasteiger charge is 2.25. The first-order valence-corrected chi connectivity index (χ1v) is 6.66. The molecule has 2 rings (SSSR count). The van der Waals surface area contributed by atoms with Crippen molar-refractivity contribution < 1.29 is 9.13 Å². The van der Waals surface area contributed by atoms with Crippen molar-refractivity contribution in [3.05, 3.63) is 65.5 Å². The summed E-state index contributed by atoms with van der Waals surface area (Å²) in [6, 6.07) is 14.5. The van der Waals surface area contributed by atoms with Gasteiger partial charge in [0.25, 0.3) is 0 Å². The Morgan fingerprint density at radius 3 is 2.45 bits per heavy atom. The molecular weight excluding hydrogens is 253 g/mol. The van der Waals surface area contributed by atoms with Crippen LogP contribution in [0, 0.1) is 5.82 Å². The van der Waals surface area contributed by atoms with E-state index >= 15 is 0 Å². The molecule has 0 fully saturated rings. The highest BCUT2D eigenvalue weighted by Crippen LogP contribution is 2.29. The number of nitrogens with two attached hydrogens (primary N) is 1. The Labute approximate surface area is 119 Å². The van der Waals surface area contributed by atoms with Crippen molar-refractivity contribution in [2.24, 2.45) is 5.73 Å². The summed E-state index contributed by atoms with van der Waals surface area (Å²) in [6.45, 7) is 2.63. The molecule has 20 heavy (non-hydrogen) atoms. The highest BCUT2D eigenvalue weighted by atomic mass is 19.1. The molecule has 0 amide bonds. The first-order valence-electron chi connectivity index (χ1n) is 6.66. The highest BCUT2D eigenvalue weighted by molar-refractivity contribution is 5.35. The van der Waals surface area contributed by atoms with E-state index in [4.69, 9.17) is 10.5 Å². The zero-order valence-electron chi connectivity index (χ0n) is 11.9. The van der Waals surface area contributed by atoms with Crippen molar-refractivity contribution in [3.8, 4) is 5.75 Å². The van der Waals surface area contributed by atoms with Gasteiger partial charge in [-0.3, -0.25) is 0 Å². The molecule has 0 saturated carbocycles. The van der Waals surface area contributed by atoms with Crippen LogP contribution in [0.25, 0.3) is 0 Å². The third kappa shape index (κ3) is 3.17. The number of halogens is 1. The molecule has 0 radical (unpaired) electrons. The summed E-state index contributed by atoms with van der Waals surface area (Å²) in [4.78, 5) is 0. The molecule has 2 nitrogen and oxygen atoms in total. The first-order chi connectivity index (χ1) is 9.57. The molecule has 1 atom stereocenters. The Balaban J connectivity index is 2.30. The minimum atomic E-state index is -0.218. The summed E-state index contributed by atoms with van der Waals surface area (Å²) in [5, 5.41) is 0. The minimum Gasteiger partial charge on any atom is -0.497 e. The molecule has 2 N–H and O–H groups in total. The van der Waals surface area contributed by atoms with E-state index in [1.54, 1.807) is 7.11 Å². The first kappa shape index (κ1) is 14.5. The molecule has 0 aliphatic heterocycles. The van der Waals surface area contributed by atoms with Gasteiger partial charge in [-0.05, 0) is 41.8 Å². The lowest BCUT2D eigenvalue weighted by atomic mass is 9.77. The van der Waals surface area contributed by atoms with Gasteiger partial charge in [-0.15, -0.1) is 0 Å². The van der Waals surface area contributed by atoms with E-state index in [1.165, 1.54) is 12.1 Å². The molecular formula is C17H20FNO. The predicted molar refractivity (Wildman–Crippen MR) is 79.5 cm³/mol.